The van der Waals surface area contributed by atoms with Crippen molar-refractivity contribution in [2.75, 3.05) is 15.8 Å². The fourth-order valence-corrected chi connectivity index (χ4v) is 3.82. The van der Waals surface area contributed by atoms with E-state index in [2.05, 4.69) is 15.4 Å². The molecule has 0 aliphatic heterocycles. The lowest BCUT2D eigenvalue weighted by Gasteiger charge is -2.12. The molecule has 8 nitrogen and oxygen atoms in total. The van der Waals surface area contributed by atoms with Crippen molar-refractivity contribution in [2.45, 2.75) is 26.7 Å². The Hall–Kier alpha value is -3.08. The SMILES string of the molecule is CCCS(=O)(=O)Nc1ccc(F)c(C(=O)Nc2cnc3cc(CC)nn3c2)c1F. The molecule has 1 amide bonds. The third-order valence-corrected chi connectivity index (χ3v) is 5.52. The summed E-state index contributed by atoms with van der Waals surface area (Å²) in [5, 5.41) is 6.61. The average Bonchev–Trinajstić information content (AvgIpc) is 3.06. The first-order valence-electron chi connectivity index (χ1n) is 8.88. The van der Waals surface area contributed by atoms with E-state index in [4.69, 9.17) is 0 Å². The highest BCUT2D eigenvalue weighted by molar-refractivity contribution is 7.92. The van der Waals surface area contributed by atoms with Gasteiger partial charge in [0, 0.05) is 6.07 Å². The molecule has 2 N–H and O–H groups in total. The number of amides is 1. The van der Waals surface area contributed by atoms with Gasteiger partial charge < -0.3 is 5.32 Å². The number of fused-ring (bicyclic) bond motifs is 1. The van der Waals surface area contributed by atoms with E-state index in [0.717, 1.165) is 17.8 Å². The molecule has 0 aliphatic rings. The van der Waals surface area contributed by atoms with Gasteiger partial charge in [0.15, 0.2) is 11.5 Å². The lowest BCUT2D eigenvalue weighted by Crippen LogP contribution is -2.20. The number of halogens is 2. The molecule has 11 heteroatoms. The molecule has 3 aromatic rings. The molecule has 0 saturated carbocycles. The van der Waals surface area contributed by atoms with Crippen molar-refractivity contribution in [3.63, 3.8) is 0 Å². The number of carbonyl (C=O) groups excluding carboxylic acids is 1. The Morgan fingerprint density at radius 3 is 2.69 bits per heavy atom. The van der Waals surface area contributed by atoms with Gasteiger partial charge in [0.2, 0.25) is 10.0 Å². The fourth-order valence-electron chi connectivity index (χ4n) is 2.68. The summed E-state index contributed by atoms with van der Waals surface area (Å²) in [6.07, 6.45) is 3.80. The van der Waals surface area contributed by atoms with Crippen molar-refractivity contribution < 1.29 is 22.0 Å². The molecule has 0 radical (unpaired) electrons. The van der Waals surface area contributed by atoms with E-state index in [1.54, 1.807) is 13.0 Å². The maximum absolute atomic E-state index is 14.7. The quantitative estimate of drug-likeness (QED) is 0.608. The molecule has 0 aliphatic carbocycles. The van der Waals surface area contributed by atoms with Gasteiger partial charge in [-0.05, 0) is 25.0 Å². The lowest BCUT2D eigenvalue weighted by molar-refractivity contribution is 0.101. The van der Waals surface area contributed by atoms with E-state index in [1.165, 1.54) is 16.9 Å². The van der Waals surface area contributed by atoms with Gasteiger partial charge in [0.05, 0.1) is 35.2 Å². The first-order chi connectivity index (χ1) is 13.7. The molecule has 0 saturated heterocycles. The van der Waals surface area contributed by atoms with Crippen molar-refractivity contribution in [1.29, 1.82) is 0 Å². The molecule has 0 unspecified atom stereocenters. The second-order valence-electron chi connectivity index (χ2n) is 6.29. The predicted octanol–water partition coefficient (Wildman–Crippen LogP) is 2.97. The van der Waals surface area contributed by atoms with Gasteiger partial charge >= 0.3 is 0 Å². The molecule has 0 atom stereocenters. The van der Waals surface area contributed by atoms with Crippen LogP contribution in [-0.2, 0) is 16.4 Å². The van der Waals surface area contributed by atoms with Crippen LogP contribution < -0.4 is 10.0 Å². The third kappa shape index (κ3) is 4.50. The molecule has 1 aromatic carbocycles. The third-order valence-electron chi connectivity index (χ3n) is 4.04. The summed E-state index contributed by atoms with van der Waals surface area (Å²) >= 11 is 0. The normalized spacial score (nSPS) is 11.6. The minimum Gasteiger partial charge on any atom is -0.319 e. The highest BCUT2D eigenvalue weighted by Crippen LogP contribution is 2.23. The fraction of sp³-hybridized carbons (Fsp3) is 0.278. The van der Waals surface area contributed by atoms with Gasteiger partial charge in [-0.15, -0.1) is 0 Å². The van der Waals surface area contributed by atoms with Gasteiger partial charge in [-0.3, -0.25) is 9.52 Å². The molecule has 2 heterocycles. The molecule has 2 aromatic heterocycles. The zero-order valence-corrected chi connectivity index (χ0v) is 16.6. The van der Waals surface area contributed by atoms with E-state index in [-0.39, 0.29) is 11.4 Å². The number of benzene rings is 1. The van der Waals surface area contributed by atoms with Gasteiger partial charge in [-0.1, -0.05) is 13.8 Å². The summed E-state index contributed by atoms with van der Waals surface area (Å²) in [5.41, 5.74) is 0.119. The molecular weight excluding hydrogens is 404 g/mol. The standard InChI is InChI=1S/C18H19F2N5O3S/c1-3-7-29(27,28)24-14-6-5-13(19)16(17(14)20)18(26)22-12-9-21-15-8-11(4-2)23-25(15)10-12/h5-6,8-10,24H,3-4,7H2,1-2H3,(H,22,26). The minimum absolute atomic E-state index is 0.170. The lowest BCUT2D eigenvalue weighted by atomic mass is 10.1. The van der Waals surface area contributed by atoms with Crippen LogP contribution in [0.2, 0.25) is 0 Å². The zero-order chi connectivity index (χ0) is 21.2. The average molecular weight is 423 g/mol. The Bertz CT molecular complexity index is 1180. The number of nitrogens with one attached hydrogen (secondary N) is 2. The van der Waals surface area contributed by atoms with Crippen LogP contribution in [0.15, 0.2) is 30.6 Å². The van der Waals surface area contributed by atoms with E-state index in [0.29, 0.717) is 18.5 Å². The highest BCUT2D eigenvalue weighted by atomic mass is 32.2. The maximum atomic E-state index is 14.7. The number of rotatable bonds is 7. The summed E-state index contributed by atoms with van der Waals surface area (Å²) < 4.78 is 56.1. The van der Waals surface area contributed by atoms with Crippen molar-refractivity contribution in [2.24, 2.45) is 0 Å². The number of hydrogen-bond donors (Lipinski definition) is 2. The summed E-state index contributed by atoms with van der Waals surface area (Å²) in [6, 6.07) is 3.53. The molecular formula is C18H19F2N5O3S. The Labute approximate surface area is 166 Å². The number of aryl methyl sites for hydroxylation is 1. The minimum atomic E-state index is -3.81. The summed E-state index contributed by atoms with van der Waals surface area (Å²) in [4.78, 5) is 16.6. The van der Waals surface area contributed by atoms with E-state index in [1.807, 2.05) is 11.6 Å². The van der Waals surface area contributed by atoms with E-state index >= 15 is 0 Å². The Morgan fingerprint density at radius 2 is 2.00 bits per heavy atom. The molecule has 154 valence electrons. The van der Waals surface area contributed by atoms with Gasteiger partial charge in [-0.25, -0.2) is 26.7 Å². The second kappa shape index (κ2) is 8.11. The van der Waals surface area contributed by atoms with Crippen LogP contribution in [0.1, 0.15) is 36.3 Å². The predicted molar refractivity (Wildman–Crippen MR) is 104 cm³/mol. The van der Waals surface area contributed by atoms with Crippen LogP contribution in [0.5, 0.6) is 0 Å². The Kier molecular flexibility index (Phi) is 5.78. The summed E-state index contributed by atoms with van der Waals surface area (Å²) in [7, 11) is -3.81. The van der Waals surface area contributed by atoms with Crippen LogP contribution in [0.3, 0.4) is 0 Å². The Balaban J connectivity index is 1.89. The first kappa shape index (κ1) is 20.6. The number of hydrogen-bond acceptors (Lipinski definition) is 5. The van der Waals surface area contributed by atoms with Gasteiger partial charge in [0.1, 0.15) is 11.4 Å². The van der Waals surface area contributed by atoms with Crippen molar-refractivity contribution in [3.05, 3.63) is 53.5 Å². The second-order valence-corrected chi connectivity index (χ2v) is 8.14. The van der Waals surface area contributed by atoms with Crippen molar-refractivity contribution in [3.8, 4) is 0 Å². The Morgan fingerprint density at radius 1 is 1.24 bits per heavy atom. The van der Waals surface area contributed by atoms with Crippen LogP contribution in [-0.4, -0.2) is 34.7 Å². The first-order valence-corrected chi connectivity index (χ1v) is 10.5. The van der Waals surface area contributed by atoms with E-state index < -0.39 is 38.8 Å². The van der Waals surface area contributed by atoms with Crippen molar-refractivity contribution in [1.82, 2.24) is 14.6 Å². The zero-order valence-electron chi connectivity index (χ0n) is 15.7. The number of aromatic nitrogens is 3. The molecule has 29 heavy (non-hydrogen) atoms. The molecule has 0 spiro atoms. The largest absolute Gasteiger partial charge is 0.319 e. The summed E-state index contributed by atoms with van der Waals surface area (Å²) in [5.74, 6) is -3.75. The van der Waals surface area contributed by atoms with Gasteiger partial charge in [-0.2, -0.15) is 5.10 Å². The summed E-state index contributed by atoms with van der Waals surface area (Å²) in [6.45, 7) is 3.57. The number of anilines is 2. The van der Waals surface area contributed by atoms with Gasteiger partial charge in [0.25, 0.3) is 5.91 Å². The maximum Gasteiger partial charge on any atom is 0.261 e. The number of carbonyl (C=O) groups is 1. The van der Waals surface area contributed by atoms with E-state index in [9.17, 15) is 22.0 Å². The topological polar surface area (TPSA) is 105 Å². The smallest absolute Gasteiger partial charge is 0.261 e. The molecule has 0 bridgehead atoms. The molecule has 3 rings (SSSR count). The van der Waals surface area contributed by atoms with Crippen molar-refractivity contribution >= 4 is 33.0 Å². The monoisotopic (exact) mass is 423 g/mol. The van der Waals surface area contributed by atoms with Crippen LogP contribution in [0.4, 0.5) is 20.2 Å². The number of sulfonamides is 1. The number of nitrogens with zero attached hydrogens (tertiary/aromatic N) is 3. The highest BCUT2D eigenvalue weighted by Gasteiger charge is 2.23. The van der Waals surface area contributed by atoms with Crippen LogP contribution in [0, 0.1) is 11.6 Å². The van der Waals surface area contributed by atoms with Crippen LogP contribution >= 0.6 is 0 Å². The molecule has 0 fully saturated rings. The van der Waals surface area contributed by atoms with Crippen LogP contribution in [0.25, 0.3) is 5.65 Å².